The van der Waals surface area contributed by atoms with Crippen LogP contribution in [-0.4, -0.2) is 20.1 Å². The van der Waals surface area contributed by atoms with Gasteiger partial charge in [-0.25, -0.2) is 8.78 Å². The first-order valence-electron chi connectivity index (χ1n) is 4.56. The lowest BCUT2D eigenvalue weighted by molar-refractivity contribution is 0.0805. The predicted octanol–water partition coefficient (Wildman–Crippen LogP) is 2.45. The standard InChI is InChI=1S/C10H12ClF2NO2/c1-15-8-3-6(4-14)2-7(11)10(8)16-5-9(12)13/h2-3,9H,4-5,14H2,1H3. The highest BCUT2D eigenvalue weighted by molar-refractivity contribution is 6.32. The van der Waals surface area contributed by atoms with E-state index in [9.17, 15) is 8.78 Å². The smallest absolute Gasteiger partial charge is 0.272 e. The van der Waals surface area contributed by atoms with Crippen molar-refractivity contribution < 1.29 is 18.3 Å². The summed E-state index contributed by atoms with van der Waals surface area (Å²) in [5.41, 5.74) is 6.18. The lowest BCUT2D eigenvalue weighted by atomic mass is 10.2. The second kappa shape index (κ2) is 5.86. The first-order valence-corrected chi connectivity index (χ1v) is 4.93. The molecule has 2 N–H and O–H groups in total. The highest BCUT2D eigenvalue weighted by Crippen LogP contribution is 2.36. The normalized spacial score (nSPS) is 10.6. The zero-order chi connectivity index (χ0) is 12.1. The van der Waals surface area contributed by atoms with Crippen LogP contribution in [0.25, 0.3) is 0 Å². The lowest BCUT2D eigenvalue weighted by Gasteiger charge is -2.13. The van der Waals surface area contributed by atoms with Gasteiger partial charge in [-0.05, 0) is 17.7 Å². The molecule has 1 rings (SSSR count). The third-order valence-corrected chi connectivity index (χ3v) is 2.16. The zero-order valence-corrected chi connectivity index (χ0v) is 9.43. The molecule has 0 saturated heterocycles. The van der Waals surface area contributed by atoms with Gasteiger partial charge in [0.1, 0.15) is 6.61 Å². The monoisotopic (exact) mass is 251 g/mol. The van der Waals surface area contributed by atoms with Gasteiger partial charge in [0.2, 0.25) is 0 Å². The van der Waals surface area contributed by atoms with Gasteiger partial charge in [-0.2, -0.15) is 0 Å². The lowest BCUT2D eigenvalue weighted by Crippen LogP contribution is -2.08. The van der Waals surface area contributed by atoms with Gasteiger partial charge in [-0.1, -0.05) is 11.6 Å². The molecular weight excluding hydrogens is 240 g/mol. The SMILES string of the molecule is COc1cc(CN)cc(Cl)c1OCC(F)F. The van der Waals surface area contributed by atoms with Gasteiger partial charge in [0, 0.05) is 6.54 Å². The zero-order valence-electron chi connectivity index (χ0n) is 8.67. The van der Waals surface area contributed by atoms with Gasteiger partial charge in [0.15, 0.2) is 11.5 Å². The molecule has 0 saturated carbocycles. The van der Waals surface area contributed by atoms with Crippen LogP contribution in [0.3, 0.4) is 0 Å². The van der Waals surface area contributed by atoms with Crippen LogP contribution in [0.2, 0.25) is 5.02 Å². The highest BCUT2D eigenvalue weighted by atomic mass is 35.5. The molecule has 0 radical (unpaired) electrons. The molecule has 16 heavy (non-hydrogen) atoms. The van der Waals surface area contributed by atoms with Crippen LogP contribution in [0.5, 0.6) is 11.5 Å². The Morgan fingerprint density at radius 3 is 2.62 bits per heavy atom. The molecule has 3 nitrogen and oxygen atoms in total. The van der Waals surface area contributed by atoms with Crippen molar-refractivity contribution in [3.63, 3.8) is 0 Å². The van der Waals surface area contributed by atoms with Crippen LogP contribution in [0.1, 0.15) is 5.56 Å². The molecule has 0 fully saturated rings. The van der Waals surface area contributed by atoms with Crippen LogP contribution >= 0.6 is 11.6 Å². The fourth-order valence-corrected chi connectivity index (χ4v) is 1.47. The molecule has 0 aliphatic rings. The molecule has 1 aromatic rings. The maximum atomic E-state index is 12.0. The van der Waals surface area contributed by atoms with E-state index < -0.39 is 13.0 Å². The van der Waals surface area contributed by atoms with E-state index in [-0.39, 0.29) is 17.3 Å². The fraction of sp³-hybridized carbons (Fsp3) is 0.400. The van der Waals surface area contributed by atoms with Crippen molar-refractivity contribution in [3.05, 3.63) is 22.7 Å². The third kappa shape index (κ3) is 3.21. The molecule has 90 valence electrons. The van der Waals surface area contributed by atoms with E-state index in [0.717, 1.165) is 5.56 Å². The number of hydrogen-bond donors (Lipinski definition) is 1. The number of alkyl halides is 2. The van der Waals surface area contributed by atoms with E-state index >= 15 is 0 Å². The summed E-state index contributed by atoms with van der Waals surface area (Å²) >= 11 is 5.87. The van der Waals surface area contributed by atoms with Gasteiger partial charge in [0.05, 0.1) is 12.1 Å². The summed E-state index contributed by atoms with van der Waals surface area (Å²) in [7, 11) is 1.40. The van der Waals surface area contributed by atoms with Crippen molar-refractivity contribution in [3.8, 4) is 11.5 Å². The summed E-state index contributed by atoms with van der Waals surface area (Å²) in [5.74, 6) is 0.412. The number of rotatable bonds is 5. The summed E-state index contributed by atoms with van der Waals surface area (Å²) in [6.45, 7) is -0.441. The maximum absolute atomic E-state index is 12.0. The van der Waals surface area contributed by atoms with Crippen molar-refractivity contribution in [1.82, 2.24) is 0 Å². The molecule has 0 aromatic heterocycles. The number of benzene rings is 1. The summed E-state index contributed by atoms with van der Waals surface area (Å²) in [5, 5.41) is 0.209. The van der Waals surface area contributed by atoms with Crippen LogP contribution in [0.4, 0.5) is 8.78 Å². The minimum atomic E-state index is -2.56. The Balaban J connectivity index is 2.97. The average Bonchev–Trinajstić information content (AvgIpc) is 2.26. The second-order valence-electron chi connectivity index (χ2n) is 3.02. The summed E-state index contributed by atoms with van der Waals surface area (Å²) in [6, 6.07) is 3.16. The molecule has 0 heterocycles. The molecule has 0 aliphatic heterocycles. The molecular formula is C10H12ClF2NO2. The Morgan fingerprint density at radius 1 is 1.44 bits per heavy atom. The Bertz CT molecular complexity index is 361. The molecule has 0 aliphatic carbocycles. The van der Waals surface area contributed by atoms with Crippen LogP contribution < -0.4 is 15.2 Å². The van der Waals surface area contributed by atoms with Gasteiger partial charge in [0.25, 0.3) is 6.43 Å². The molecule has 0 bridgehead atoms. The van der Waals surface area contributed by atoms with Crippen LogP contribution in [0.15, 0.2) is 12.1 Å². The summed E-state index contributed by atoms with van der Waals surface area (Å²) in [6.07, 6.45) is -2.56. The quantitative estimate of drug-likeness (QED) is 0.874. The number of methoxy groups -OCH3 is 1. The molecule has 0 atom stereocenters. The first kappa shape index (κ1) is 13.0. The number of nitrogens with two attached hydrogens (primary N) is 1. The fourth-order valence-electron chi connectivity index (χ4n) is 1.18. The van der Waals surface area contributed by atoms with Crippen molar-refractivity contribution in [2.75, 3.05) is 13.7 Å². The number of hydrogen-bond acceptors (Lipinski definition) is 3. The van der Waals surface area contributed by atoms with Gasteiger partial charge in [-0.3, -0.25) is 0 Å². The third-order valence-electron chi connectivity index (χ3n) is 1.88. The minimum Gasteiger partial charge on any atom is -0.493 e. The summed E-state index contributed by atoms with van der Waals surface area (Å²) in [4.78, 5) is 0. The van der Waals surface area contributed by atoms with E-state index in [1.807, 2.05) is 0 Å². The van der Waals surface area contributed by atoms with Crippen LogP contribution in [0, 0.1) is 0 Å². The number of ether oxygens (including phenoxy) is 2. The summed E-state index contributed by atoms with van der Waals surface area (Å²) < 4.78 is 33.9. The maximum Gasteiger partial charge on any atom is 0.272 e. The second-order valence-corrected chi connectivity index (χ2v) is 3.42. The molecule has 0 unspecified atom stereocenters. The highest BCUT2D eigenvalue weighted by Gasteiger charge is 2.13. The van der Waals surface area contributed by atoms with Crippen molar-refractivity contribution in [2.24, 2.45) is 5.73 Å². The topological polar surface area (TPSA) is 44.5 Å². The van der Waals surface area contributed by atoms with Crippen molar-refractivity contribution in [2.45, 2.75) is 13.0 Å². The van der Waals surface area contributed by atoms with Crippen molar-refractivity contribution >= 4 is 11.6 Å². The Labute approximate surface area is 97.1 Å². The van der Waals surface area contributed by atoms with Gasteiger partial charge < -0.3 is 15.2 Å². The Hall–Kier alpha value is -1.07. The van der Waals surface area contributed by atoms with E-state index in [0.29, 0.717) is 5.75 Å². The molecule has 6 heteroatoms. The largest absolute Gasteiger partial charge is 0.493 e. The van der Waals surface area contributed by atoms with Gasteiger partial charge >= 0.3 is 0 Å². The first-order chi connectivity index (χ1) is 7.58. The van der Waals surface area contributed by atoms with Crippen molar-refractivity contribution in [1.29, 1.82) is 0 Å². The molecule has 0 spiro atoms. The van der Waals surface area contributed by atoms with Gasteiger partial charge in [-0.15, -0.1) is 0 Å². The Kier molecular flexibility index (Phi) is 4.76. The molecule has 1 aromatic carbocycles. The molecule has 0 amide bonds. The van der Waals surface area contributed by atoms with E-state index in [2.05, 4.69) is 0 Å². The van der Waals surface area contributed by atoms with E-state index in [1.54, 1.807) is 12.1 Å². The number of halogens is 3. The van der Waals surface area contributed by atoms with E-state index in [1.165, 1.54) is 7.11 Å². The Morgan fingerprint density at radius 2 is 2.12 bits per heavy atom. The van der Waals surface area contributed by atoms with E-state index in [4.69, 9.17) is 26.8 Å². The average molecular weight is 252 g/mol. The minimum absolute atomic E-state index is 0.113. The predicted molar refractivity (Wildman–Crippen MR) is 57.4 cm³/mol. The van der Waals surface area contributed by atoms with Crippen LogP contribution in [-0.2, 0) is 6.54 Å².